The number of fused-ring (bicyclic) bond motifs is 4. The number of rotatable bonds is 13. The number of hydrogen-bond acceptors (Lipinski definition) is 2. The lowest BCUT2D eigenvalue weighted by molar-refractivity contribution is 1.29. The van der Waals surface area contributed by atoms with Gasteiger partial charge >= 0.3 is 0 Å². The molecule has 0 amide bonds. The van der Waals surface area contributed by atoms with E-state index in [0.717, 1.165) is 66.8 Å². The number of hydrogen-bond donors (Lipinski definition) is 0. The van der Waals surface area contributed by atoms with E-state index in [4.69, 9.17) is 0 Å². The predicted octanol–water partition coefficient (Wildman–Crippen LogP) is 24.9. The normalized spacial score (nSPS) is 11.3. The second-order valence-electron chi connectivity index (χ2n) is 23.2. The molecule has 422 valence electrons. The Balaban J connectivity index is 0.951. The van der Waals surface area contributed by atoms with Crippen molar-refractivity contribution in [1.82, 2.24) is 0 Å². The molecule has 0 atom stereocenters. The molecule has 90 heavy (non-hydrogen) atoms. The number of benzene rings is 16. The zero-order chi connectivity index (χ0) is 59.7. The van der Waals surface area contributed by atoms with Crippen LogP contribution in [0.3, 0.4) is 0 Å². The van der Waals surface area contributed by atoms with Gasteiger partial charge in [-0.1, -0.05) is 273 Å². The molecule has 0 aliphatic rings. The Kier molecular flexibility index (Phi) is 14.0. The molecule has 2 nitrogen and oxygen atoms in total. The second-order valence-corrected chi connectivity index (χ2v) is 23.2. The maximum Gasteiger partial charge on any atom is 0.0468 e. The van der Waals surface area contributed by atoms with Gasteiger partial charge in [-0.2, -0.15) is 0 Å². The van der Waals surface area contributed by atoms with Gasteiger partial charge in [0.25, 0.3) is 0 Å². The van der Waals surface area contributed by atoms with Gasteiger partial charge in [0.2, 0.25) is 0 Å². The van der Waals surface area contributed by atoms with Crippen molar-refractivity contribution in [2.75, 3.05) is 9.80 Å². The molecule has 0 unspecified atom stereocenters. The molecule has 0 saturated heterocycles. The summed E-state index contributed by atoms with van der Waals surface area (Å²) < 4.78 is 0. The van der Waals surface area contributed by atoms with Crippen LogP contribution in [0.15, 0.2) is 364 Å². The minimum Gasteiger partial charge on any atom is -0.310 e. The van der Waals surface area contributed by atoms with Crippen LogP contribution < -0.4 is 9.80 Å². The van der Waals surface area contributed by atoms with Crippen LogP contribution in [-0.2, 0) is 0 Å². The Morgan fingerprint density at radius 1 is 0.133 bits per heavy atom. The van der Waals surface area contributed by atoms with Crippen LogP contribution in [0.4, 0.5) is 34.1 Å². The standard InChI is InChI=1S/C88H60N2/c1-6-18-61(19-7-1)67-36-44-77(45-37-67)89(78-46-38-68(39-47-78)62-20-8-2-9-21-62)81-53-55-84-85(59-81)87(75-34-30-66-28-16-17-29-71(66)57-75)83-54-52-82(60-86(83)88(84)76-35-33-73-56-72(31-32-74(73)58-76)65-26-14-5-15-27-65)90(79-48-40-69(41-49-79)63-22-10-3-11-23-63)80-50-42-70(43-51-80)64-24-12-4-13-25-64/h1-60H. The van der Waals surface area contributed by atoms with Crippen molar-refractivity contribution in [3.63, 3.8) is 0 Å². The molecule has 0 radical (unpaired) electrons. The zero-order valence-corrected chi connectivity index (χ0v) is 49.5. The van der Waals surface area contributed by atoms with E-state index in [1.807, 2.05) is 0 Å². The smallest absolute Gasteiger partial charge is 0.0468 e. The summed E-state index contributed by atoms with van der Waals surface area (Å²) in [6.45, 7) is 0. The van der Waals surface area contributed by atoms with E-state index in [1.54, 1.807) is 0 Å². The third-order valence-corrected chi connectivity index (χ3v) is 17.8. The lowest BCUT2D eigenvalue weighted by Gasteiger charge is -2.28. The van der Waals surface area contributed by atoms with E-state index in [0.29, 0.717) is 0 Å². The van der Waals surface area contributed by atoms with Crippen molar-refractivity contribution >= 4 is 77.2 Å². The molecular formula is C88H60N2. The first-order valence-electron chi connectivity index (χ1n) is 30.9. The lowest BCUT2D eigenvalue weighted by Crippen LogP contribution is -2.10. The first-order valence-corrected chi connectivity index (χ1v) is 30.9. The zero-order valence-electron chi connectivity index (χ0n) is 49.5. The van der Waals surface area contributed by atoms with E-state index in [9.17, 15) is 0 Å². The molecule has 0 aliphatic carbocycles. The molecule has 0 bridgehead atoms. The number of nitrogens with zero attached hydrogens (tertiary/aromatic N) is 2. The Morgan fingerprint density at radius 2 is 0.367 bits per heavy atom. The van der Waals surface area contributed by atoms with E-state index in [1.165, 1.54) is 88.3 Å². The molecule has 16 aromatic carbocycles. The summed E-state index contributed by atoms with van der Waals surface area (Å²) in [5.41, 5.74) is 22.9. The lowest BCUT2D eigenvalue weighted by atomic mass is 9.84. The minimum absolute atomic E-state index is 1.06. The van der Waals surface area contributed by atoms with Gasteiger partial charge in [-0.05, 0) is 212 Å². The SMILES string of the molecule is c1ccc(-c2ccc(N(c3ccc(-c4ccccc4)cc3)c3ccc4c(-c5ccc6cc(-c7ccccc7)ccc6c5)c5cc(N(c6ccc(-c7ccccc7)cc6)c6ccc(-c7ccccc7)cc6)ccc5c(-c5ccc6ccccc6c5)c4c3)cc2)cc1. The Hall–Kier alpha value is -11.8. The van der Waals surface area contributed by atoms with Crippen molar-refractivity contribution in [2.24, 2.45) is 0 Å². The summed E-state index contributed by atoms with van der Waals surface area (Å²) >= 11 is 0. The highest BCUT2D eigenvalue weighted by atomic mass is 15.1. The van der Waals surface area contributed by atoms with Crippen LogP contribution >= 0.6 is 0 Å². The van der Waals surface area contributed by atoms with Crippen molar-refractivity contribution in [3.8, 4) is 77.9 Å². The highest BCUT2D eigenvalue weighted by Gasteiger charge is 2.24. The van der Waals surface area contributed by atoms with Gasteiger partial charge < -0.3 is 9.80 Å². The summed E-state index contributed by atoms with van der Waals surface area (Å²) in [5.74, 6) is 0. The van der Waals surface area contributed by atoms with Gasteiger partial charge in [0.1, 0.15) is 0 Å². The summed E-state index contributed by atoms with van der Waals surface area (Å²) in [5, 5.41) is 9.43. The average Bonchev–Trinajstić information content (AvgIpc) is 0.740. The minimum atomic E-state index is 1.06. The molecule has 0 heterocycles. The Labute approximate surface area is 525 Å². The molecular weight excluding hydrogens is 1080 g/mol. The fourth-order valence-electron chi connectivity index (χ4n) is 13.3. The predicted molar refractivity (Wildman–Crippen MR) is 384 cm³/mol. The van der Waals surface area contributed by atoms with Gasteiger partial charge in [0.15, 0.2) is 0 Å². The summed E-state index contributed by atoms with van der Waals surface area (Å²) in [7, 11) is 0. The molecule has 2 heteroatoms. The summed E-state index contributed by atoms with van der Waals surface area (Å²) in [6.07, 6.45) is 0. The van der Waals surface area contributed by atoms with Crippen LogP contribution in [0.25, 0.3) is 121 Å². The number of anilines is 6. The van der Waals surface area contributed by atoms with Gasteiger partial charge in [0.05, 0.1) is 0 Å². The van der Waals surface area contributed by atoms with E-state index >= 15 is 0 Å². The Morgan fingerprint density at radius 3 is 0.711 bits per heavy atom. The van der Waals surface area contributed by atoms with E-state index in [-0.39, 0.29) is 0 Å². The van der Waals surface area contributed by atoms with Gasteiger partial charge in [-0.15, -0.1) is 0 Å². The molecule has 0 N–H and O–H groups in total. The first kappa shape index (κ1) is 53.6. The molecule has 0 aromatic heterocycles. The van der Waals surface area contributed by atoms with Crippen molar-refractivity contribution in [3.05, 3.63) is 364 Å². The van der Waals surface area contributed by atoms with Crippen LogP contribution in [0.5, 0.6) is 0 Å². The second kappa shape index (κ2) is 23.4. The van der Waals surface area contributed by atoms with E-state index < -0.39 is 0 Å². The molecule has 0 spiro atoms. The van der Waals surface area contributed by atoms with Crippen LogP contribution in [-0.4, -0.2) is 0 Å². The fourth-order valence-corrected chi connectivity index (χ4v) is 13.3. The quantitative estimate of drug-likeness (QED) is 0.106. The third-order valence-electron chi connectivity index (χ3n) is 17.8. The van der Waals surface area contributed by atoms with Gasteiger partial charge in [-0.3, -0.25) is 0 Å². The van der Waals surface area contributed by atoms with E-state index in [2.05, 4.69) is 374 Å². The largest absolute Gasteiger partial charge is 0.310 e. The van der Waals surface area contributed by atoms with Crippen molar-refractivity contribution in [2.45, 2.75) is 0 Å². The van der Waals surface area contributed by atoms with Crippen LogP contribution in [0.2, 0.25) is 0 Å². The molecule has 0 aliphatic heterocycles. The average molecular weight is 1150 g/mol. The molecule has 0 fully saturated rings. The fraction of sp³-hybridized carbons (Fsp3) is 0. The maximum absolute atomic E-state index is 2.45. The van der Waals surface area contributed by atoms with Gasteiger partial charge in [-0.25, -0.2) is 0 Å². The first-order chi connectivity index (χ1) is 44.6. The topological polar surface area (TPSA) is 6.48 Å². The highest BCUT2D eigenvalue weighted by molar-refractivity contribution is 6.23. The highest BCUT2D eigenvalue weighted by Crippen LogP contribution is 2.50. The van der Waals surface area contributed by atoms with Gasteiger partial charge in [0, 0.05) is 34.1 Å². The molecule has 0 saturated carbocycles. The van der Waals surface area contributed by atoms with Crippen LogP contribution in [0, 0.1) is 0 Å². The summed E-state index contributed by atoms with van der Waals surface area (Å²) in [6, 6.07) is 134. The van der Waals surface area contributed by atoms with Crippen LogP contribution in [0.1, 0.15) is 0 Å². The van der Waals surface area contributed by atoms with Crippen molar-refractivity contribution in [1.29, 1.82) is 0 Å². The maximum atomic E-state index is 2.45. The molecule has 16 aromatic rings. The van der Waals surface area contributed by atoms with Crippen molar-refractivity contribution < 1.29 is 0 Å². The summed E-state index contributed by atoms with van der Waals surface area (Å²) in [4.78, 5) is 4.84. The molecule has 16 rings (SSSR count). The monoisotopic (exact) mass is 1140 g/mol. The third kappa shape index (κ3) is 10.3. The Bertz CT molecular complexity index is 5060.